The minimum absolute atomic E-state index is 0.300. The Balaban J connectivity index is 2.25. The highest BCUT2D eigenvalue weighted by Gasteiger charge is 2.21. The molecule has 0 bridgehead atoms. The van der Waals surface area contributed by atoms with E-state index in [0.717, 1.165) is 19.4 Å². The Morgan fingerprint density at radius 2 is 2.10 bits per heavy atom. The first-order valence-electron chi connectivity index (χ1n) is 4.21. The lowest BCUT2D eigenvalue weighted by molar-refractivity contribution is 0.0228. The van der Waals surface area contributed by atoms with Crippen molar-refractivity contribution in [1.82, 2.24) is 0 Å². The van der Waals surface area contributed by atoms with E-state index in [1.165, 1.54) is 12.8 Å². The molecule has 1 aliphatic rings. The summed E-state index contributed by atoms with van der Waals surface area (Å²) in [5.74, 6) is 0. The summed E-state index contributed by atoms with van der Waals surface area (Å²) in [4.78, 5) is 0. The van der Waals surface area contributed by atoms with Crippen LogP contribution >= 0.6 is 0 Å². The molecule has 10 heavy (non-hydrogen) atoms. The van der Waals surface area contributed by atoms with Crippen molar-refractivity contribution in [3.8, 4) is 0 Å². The van der Waals surface area contributed by atoms with Gasteiger partial charge >= 0.3 is 0 Å². The van der Waals surface area contributed by atoms with Gasteiger partial charge in [0.05, 0.1) is 6.10 Å². The predicted molar refractivity (Wildman–Crippen MR) is 41.9 cm³/mol. The molecule has 1 fully saturated rings. The zero-order valence-electron chi connectivity index (χ0n) is 6.68. The molecule has 2 heteroatoms. The molecule has 2 N–H and O–H groups in total. The van der Waals surface area contributed by atoms with E-state index >= 15 is 0 Å². The van der Waals surface area contributed by atoms with Gasteiger partial charge in [-0.3, -0.25) is 0 Å². The third kappa shape index (κ3) is 1.96. The Bertz CT molecular complexity index is 93.3. The summed E-state index contributed by atoms with van der Waals surface area (Å²) in [5.41, 5.74) is 5.84. The van der Waals surface area contributed by atoms with Crippen molar-refractivity contribution >= 4 is 0 Å². The molecule has 0 aromatic heterocycles. The van der Waals surface area contributed by atoms with Gasteiger partial charge in [-0.05, 0) is 19.8 Å². The van der Waals surface area contributed by atoms with E-state index in [1.54, 1.807) is 0 Å². The first-order valence-corrected chi connectivity index (χ1v) is 4.21. The van der Waals surface area contributed by atoms with Crippen molar-refractivity contribution in [2.24, 2.45) is 5.73 Å². The van der Waals surface area contributed by atoms with Crippen LogP contribution in [0.15, 0.2) is 0 Å². The van der Waals surface area contributed by atoms with Crippen molar-refractivity contribution in [1.29, 1.82) is 0 Å². The van der Waals surface area contributed by atoms with Crippen molar-refractivity contribution in [2.75, 3.05) is 6.61 Å². The van der Waals surface area contributed by atoms with Crippen molar-refractivity contribution < 1.29 is 4.74 Å². The highest BCUT2D eigenvalue weighted by atomic mass is 16.5. The Morgan fingerprint density at radius 3 is 2.70 bits per heavy atom. The lowest BCUT2D eigenvalue weighted by atomic mass is 9.93. The Kier molecular flexibility index (Phi) is 3.16. The van der Waals surface area contributed by atoms with E-state index < -0.39 is 0 Å². The molecule has 0 aromatic carbocycles. The third-order valence-corrected chi connectivity index (χ3v) is 2.13. The standard InChI is InChI=1S/C8H17NO/c1-2-10-8-6-4-3-5-7(8)9/h7-8H,2-6,9H2,1H3/t7-,8+/m1/s1. The van der Waals surface area contributed by atoms with Gasteiger partial charge < -0.3 is 10.5 Å². The Morgan fingerprint density at radius 1 is 1.40 bits per heavy atom. The third-order valence-electron chi connectivity index (χ3n) is 2.13. The summed E-state index contributed by atoms with van der Waals surface area (Å²) >= 11 is 0. The molecule has 0 radical (unpaired) electrons. The van der Waals surface area contributed by atoms with Crippen LogP contribution in [-0.2, 0) is 4.74 Å². The fourth-order valence-electron chi connectivity index (χ4n) is 1.55. The molecule has 0 spiro atoms. The molecule has 60 valence electrons. The Hall–Kier alpha value is -0.0800. The fourth-order valence-corrected chi connectivity index (χ4v) is 1.55. The highest BCUT2D eigenvalue weighted by Crippen LogP contribution is 2.19. The summed E-state index contributed by atoms with van der Waals surface area (Å²) in [6, 6.07) is 0.300. The molecule has 0 heterocycles. The summed E-state index contributed by atoms with van der Waals surface area (Å²) in [7, 11) is 0. The molecule has 0 aromatic rings. The van der Waals surface area contributed by atoms with Crippen molar-refractivity contribution in [3.05, 3.63) is 0 Å². The normalized spacial score (nSPS) is 34.2. The molecular formula is C8H17NO. The molecule has 2 nitrogen and oxygen atoms in total. The van der Waals surface area contributed by atoms with Gasteiger partial charge in [0.1, 0.15) is 0 Å². The molecule has 1 saturated carbocycles. The zero-order chi connectivity index (χ0) is 7.40. The van der Waals surface area contributed by atoms with Crippen LogP contribution in [0.2, 0.25) is 0 Å². The fraction of sp³-hybridized carbons (Fsp3) is 1.00. The maximum atomic E-state index is 5.84. The number of nitrogens with two attached hydrogens (primary N) is 1. The molecular weight excluding hydrogens is 126 g/mol. The van der Waals surface area contributed by atoms with E-state index in [2.05, 4.69) is 0 Å². The minimum Gasteiger partial charge on any atom is -0.377 e. The molecule has 1 rings (SSSR count). The van der Waals surface area contributed by atoms with E-state index in [0.29, 0.717) is 12.1 Å². The number of rotatable bonds is 2. The Labute approximate surface area is 62.7 Å². The van der Waals surface area contributed by atoms with Crippen LogP contribution < -0.4 is 5.73 Å². The number of hydrogen-bond donors (Lipinski definition) is 1. The summed E-state index contributed by atoms with van der Waals surface area (Å²) in [6.45, 7) is 2.83. The predicted octanol–water partition coefficient (Wildman–Crippen LogP) is 1.29. The number of ether oxygens (including phenoxy) is 1. The van der Waals surface area contributed by atoms with Crippen LogP contribution in [0.5, 0.6) is 0 Å². The molecule has 0 unspecified atom stereocenters. The second-order valence-electron chi connectivity index (χ2n) is 2.94. The largest absolute Gasteiger partial charge is 0.377 e. The van der Waals surface area contributed by atoms with Crippen molar-refractivity contribution in [3.63, 3.8) is 0 Å². The first kappa shape index (κ1) is 8.02. The van der Waals surface area contributed by atoms with E-state index in [1.807, 2.05) is 6.92 Å². The van der Waals surface area contributed by atoms with Gasteiger partial charge in [0.2, 0.25) is 0 Å². The van der Waals surface area contributed by atoms with E-state index in [9.17, 15) is 0 Å². The molecule has 1 aliphatic carbocycles. The summed E-state index contributed by atoms with van der Waals surface area (Å²) < 4.78 is 5.47. The average Bonchev–Trinajstić information content (AvgIpc) is 1.94. The van der Waals surface area contributed by atoms with Crippen LogP contribution in [0.25, 0.3) is 0 Å². The minimum atomic E-state index is 0.300. The average molecular weight is 143 g/mol. The molecule has 0 saturated heterocycles. The monoisotopic (exact) mass is 143 g/mol. The first-order chi connectivity index (χ1) is 4.84. The van der Waals surface area contributed by atoms with Crippen LogP contribution in [-0.4, -0.2) is 18.8 Å². The van der Waals surface area contributed by atoms with E-state index in [-0.39, 0.29) is 0 Å². The maximum Gasteiger partial charge on any atom is 0.0725 e. The van der Waals surface area contributed by atoms with Gasteiger partial charge in [0, 0.05) is 12.6 Å². The van der Waals surface area contributed by atoms with E-state index in [4.69, 9.17) is 10.5 Å². The van der Waals surface area contributed by atoms with Crippen LogP contribution in [0.4, 0.5) is 0 Å². The maximum absolute atomic E-state index is 5.84. The topological polar surface area (TPSA) is 35.2 Å². The van der Waals surface area contributed by atoms with Crippen LogP contribution in [0.1, 0.15) is 32.6 Å². The molecule has 0 aliphatic heterocycles. The van der Waals surface area contributed by atoms with Gasteiger partial charge in [-0.25, -0.2) is 0 Å². The zero-order valence-corrected chi connectivity index (χ0v) is 6.68. The molecule has 0 amide bonds. The second kappa shape index (κ2) is 3.94. The van der Waals surface area contributed by atoms with Crippen molar-refractivity contribution in [2.45, 2.75) is 44.8 Å². The number of hydrogen-bond acceptors (Lipinski definition) is 2. The van der Waals surface area contributed by atoms with Gasteiger partial charge in [-0.15, -0.1) is 0 Å². The SMILES string of the molecule is CCO[C@H]1CCCC[C@H]1N. The summed E-state index contributed by atoms with van der Waals surface area (Å²) in [5, 5.41) is 0. The van der Waals surface area contributed by atoms with Gasteiger partial charge in [-0.2, -0.15) is 0 Å². The van der Waals surface area contributed by atoms with Gasteiger partial charge in [0.15, 0.2) is 0 Å². The smallest absolute Gasteiger partial charge is 0.0725 e. The summed E-state index contributed by atoms with van der Waals surface area (Å²) in [6.07, 6.45) is 5.22. The van der Waals surface area contributed by atoms with Gasteiger partial charge in [0.25, 0.3) is 0 Å². The lowest BCUT2D eigenvalue weighted by Gasteiger charge is -2.27. The second-order valence-corrected chi connectivity index (χ2v) is 2.94. The lowest BCUT2D eigenvalue weighted by Crippen LogP contribution is -2.39. The van der Waals surface area contributed by atoms with Crippen LogP contribution in [0.3, 0.4) is 0 Å². The quantitative estimate of drug-likeness (QED) is 0.632. The van der Waals surface area contributed by atoms with Crippen LogP contribution in [0, 0.1) is 0 Å². The highest BCUT2D eigenvalue weighted by molar-refractivity contribution is 4.78. The van der Waals surface area contributed by atoms with Gasteiger partial charge in [-0.1, -0.05) is 12.8 Å². The molecule has 2 atom stereocenters.